The number of alkyl halides is 3. The Morgan fingerprint density at radius 2 is 1.71 bits per heavy atom. The lowest BCUT2D eigenvalue weighted by Crippen LogP contribution is -2.05. The van der Waals surface area contributed by atoms with Gasteiger partial charge >= 0.3 is 6.18 Å². The van der Waals surface area contributed by atoms with Gasteiger partial charge in [-0.1, -0.05) is 12.1 Å². The van der Waals surface area contributed by atoms with Gasteiger partial charge in [0.25, 0.3) is 0 Å². The van der Waals surface area contributed by atoms with Gasteiger partial charge in [0.2, 0.25) is 0 Å². The van der Waals surface area contributed by atoms with Crippen molar-refractivity contribution in [2.75, 3.05) is 0 Å². The topological polar surface area (TPSA) is 38.4 Å². The predicted molar refractivity (Wildman–Crippen MR) is 47.8 cm³/mol. The normalized spacial score (nSPS) is 13.0. The van der Waals surface area contributed by atoms with Gasteiger partial charge in [-0.15, -0.1) is 0 Å². The zero-order valence-electron chi connectivity index (χ0n) is 7.47. The highest BCUT2D eigenvalue weighted by molar-refractivity contribution is 5.98. The van der Waals surface area contributed by atoms with E-state index in [9.17, 15) is 13.2 Å². The number of hydrogen-bond acceptors (Lipinski definition) is 2. The van der Waals surface area contributed by atoms with Gasteiger partial charge in [0.05, 0.1) is 11.3 Å². The number of rotatable bonds is 1. The molecule has 0 unspecified atom stereocenters. The molecule has 2 nitrogen and oxygen atoms in total. The molecule has 76 valence electrons. The molecule has 0 bridgehead atoms. The van der Waals surface area contributed by atoms with E-state index in [1.807, 2.05) is 0 Å². The summed E-state index contributed by atoms with van der Waals surface area (Å²) >= 11 is 0. The van der Waals surface area contributed by atoms with E-state index in [1.165, 1.54) is 12.1 Å². The van der Waals surface area contributed by atoms with Gasteiger partial charge in [-0.05, 0) is 24.6 Å². The molecule has 0 radical (unpaired) electrons. The summed E-state index contributed by atoms with van der Waals surface area (Å²) in [6, 6.07) is 4.69. The lowest BCUT2D eigenvalue weighted by Gasteiger charge is -2.06. The Balaban J connectivity index is 3.01. The highest BCUT2D eigenvalue weighted by Crippen LogP contribution is 2.29. The van der Waals surface area contributed by atoms with Gasteiger partial charge in [-0.3, -0.25) is 0 Å². The summed E-state index contributed by atoms with van der Waals surface area (Å²) in [6.07, 6.45) is -4.30. The van der Waals surface area contributed by atoms with Gasteiger partial charge in [0.1, 0.15) is 0 Å². The first-order valence-electron chi connectivity index (χ1n) is 3.87. The van der Waals surface area contributed by atoms with Crippen LogP contribution in [0.25, 0.3) is 0 Å². The van der Waals surface area contributed by atoms with Gasteiger partial charge < -0.3 is 5.84 Å². The summed E-state index contributed by atoms with van der Waals surface area (Å²) in [7, 11) is 0. The SMILES string of the molecule is CC(=NN)c1ccc(C(F)(F)F)cc1. The zero-order chi connectivity index (χ0) is 10.8. The molecule has 0 aliphatic rings. The molecule has 0 aliphatic heterocycles. The Hall–Kier alpha value is -1.52. The van der Waals surface area contributed by atoms with Crippen LogP contribution in [-0.2, 0) is 6.18 Å². The molecule has 0 aromatic heterocycles. The van der Waals surface area contributed by atoms with Crippen LogP contribution in [0.1, 0.15) is 18.1 Å². The third-order valence-electron chi connectivity index (χ3n) is 1.82. The van der Waals surface area contributed by atoms with Crippen molar-refractivity contribution >= 4 is 5.71 Å². The van der Waals surface area contributed by atoms with E-state index < -0.39 is 11.7 Å². The Kier molecular flexibility index (Phi) is 2.78. The second kappa shape index (κ2) is 3.69. The minimum atomic E-state index is -4.30. The average molecular weight is 202 g/mol. The lowest BCUT2D eigenvalue weighted by atomic mass is 10.1. The Morgan fingerprint density at radius 1 is 1.21 bits per heavy atom. The molecule has 0 saturated heterocycles. The van der Waals surface area contributed by atoms with Gasteiger partial charge in [0.15, 0.2) is 0 Å². The quantitative estimate of drug-likeness (QED) is 0.424. The summed E-state index contributed by atoms with van der Waals surface area (Å²) in [4.78, 5) is 0. The van der Waals surface area contributed by atoms with E-state index in [-0.39, 0.29) is 0 Å². The monoisotopic (exact) mass is 202 g/mol. The molecule has 0 fully saturated rings. The Bertz CT molecular complexity index is 338. The van der Waals surface area contributed by atoms with Crippen molar-refractivity contribution in [3.63, 3.8) is 0 Å². The van der Waals surface area contributed by atoms with E-state index in [1.54, 1.807) is 6.92 Å². The van der Waals surface area contributed by atoms with Gasteiger partial charge in [-0.2, -0.15) is 18.3 Å². The van der Waals surface area contributed by atoms with E-state index in [4.69, 9.17) is 5.84 Å². The van der Waals surface area contributed by atoms with Crippen LogP contribution in [0.4, 0.5) is 13.2 Å². The Labute approximate surface area is 79.2 Å². The summed E-state index contributed by atoms with van der Waals surface area (Å²) in [6.45, 7) is 1.63. The molecule has 2 N–H and O–H groups in total. The fourth-order valence-corrected chi connectivity index (χ4v) is 0.975. The predicted octanol–water partition coefficient (Wildman–Crippen LogP) is 2.39. The maximum absolute atomic E-state index is 12.1. The highest BCUT2D eigenvalue weighted by Gasteiger charge is 2.29. The Morgan fingerprint density at radius 3 is 2.07 bits per heavy atom. The van der Waals surface area contributed by atoms with Crippen molar-refractivity contribution < 1.29 is 13.2 Å². The van der Waals surface area contributed by atoms with E-state index in [0.29, 0.717) is 11.3 Å². The average Bonchev–Trinajstić information content (AvgIpc) is 2.15. The van der Waals surface area contributed by atoms with Crippen LogP contribution in [0.15, 0.2) is 29.4 Å². The fraction of sp³-hybridized carbons (Fsp3) is 0.222. The van der Waals surface area contributed by atoms with Crippen molar-refractivity contribution in [3.05, 3.63) is 35.4 Å². The van der Waals surface area contributed by atoms with Crippen LogP contribution in [0.3, 0.4) is 0 Å². The first kappa shape index (κ1) is 10.6. The van der Waals surface area contributed by atoms with Crippen LogP contribution in [0, 0.1) is 0 Å². The van der Waals surface area contributed by atoms with Crippen LogP contribution in [0.5, 0.6) is 0 Å². The van der Waals surface area contributed by atoms with Crippen LogP contribution >= 0.6 is 0 Å². The third-order valence-corrected chi connectivity index (χ3v) is 1.82. The molecule has 0 atom stereocenters. The van der Waals surface area contributed by atoms with E-state index in [0.717, 1.165) is 12.1 Å². The van der Waals surface area contributed by atoms with E-state index >= 15 is 0 Å². The van der Waals surface area contributed by atoms with Gasteiger partial charge in [-0.25, -0.2) is 0 Å². The van der Waals surface area contributed by atoms with Crippen LogP contribution < -0.4 is 5.84 Å². The highest BCUT2D eigenvalue weighted by atomic mass is 19.4. The first-order valence-corrected chi connectivity index (χ1v) is 3.87. The first-order chi connectivity index (χ1) is 6.45. The van der Waals surface area contributed by atoms with Crippen molar-refractivity contribution in [1.82, 2.24) is 0 Å². The number of hydrazone groups is 1. The standard InChI is InChI=1S/C9H9F3N2/c1-6(14-13)7-2-4-8(5-3-7)9(10,11)12/h2-5H,13H2,1H3. The van der Waals surface area contributed by atoms with Crippen LogP contribution in [0.2, 0.25) is 0 Å². The smallest absolute Gasteiger partial charge is 0.323 e. The molecule has 1 aromatic carbocycles. The molecular formula is C9H9F3N2. The molecule has 0 aliphatic carbocycles. The number of nitrogens with two attached hydrogens (primary N) is 1. The molecule has 0 spiro atoms. The minimum absolute atomic E-state index is 0.499. The van der Waals surface area contributed by atoms with Crippen molar-refractivity contribution in [1.29, 1.82) is 0 Å². The molecule has 0 heterocycles. The molecule has 14 heavy (non-hydrogen) atoms. The zero-order valence-corrected chi connectivity index (χ0v) is 7.47. The lowest BCUT2D eigenvalue weighted by molar-refractivity contribution is -0.137. The van der Waals surface area contributed by atoms with E-state index in [2.05, 4.69) is 5.10 Å². The van der Waals surface area contributed by atoms with Crippen LogP contribution in [-0.4, -0.2) is 5.71 Å². The molecule has 1 rings (SSSR count). The summed E-state index contributed by atoms with van der Waals surface area (Å²) < 4.78 is 36.4. The summed E-state index contributed by atoms with van der Waals surface area (Å²) in [5.74, 6) is 4.99. The number of benzene rings is 1. The molecular weight excluding hydrogens is 193 g/mol. The molecule has 0 saturated carbocycles. The van der Waals surface area contributed by atoms with Crippen molar-refractivity contribution in [3.8, 4) is 0 Å². The summed E-state index contributed by atoms with van der Waals surface area (Å²) in [5, 5.41) is 3.39. The van der Waals surface area contributed by atoms with Crippen molar-refractivity contribution in [2.45, 2.75) is 13.1 Å². The summed E-state index contributed by atoms with van der Waals surface area (Å²) in [5.41, 5.74) is 0.408. The maximum atomic E-state index is 12.1. The second-order valence-electron chi connectivity index (χ2n) is 2.79. The molecule has 5 heteroatoms. The number of hydrogen-bond donors (Lipinski definition) is 1. The largest absolute Gasteiger partial charge is 0.416 e. The maximum Gasteiger partial charge on any atom is 0.416 e. The third kappa shape index (κ3) is 2.25. The number of nitrogens with zero attached hydrogens (tertiary/aromatic N) is 1. The second-order valence-corrected chi connectivity index (χ2v) is 2.79. The molecule has 1 aromatic rings. The molecule has 0 amide bonds. The number of halogens is 3. The van der Waals surface area contributed by atoms with Gasteiger partial charge in [0, 0.05) is 0 Å². The fourth-order valence-electron chi connectivity index (χ4n) is 0.975. The van der Waals surface area contributed by atoms with Crippen molar-refractivity contribution in [2.24, 2.45) is 10.9 Å². The minimum Gasteiger partial charge on any atom is -0.323 e.